The molecule has 0 aromatic heterocycles. The van der Waals surface area contributed by atoms with Gasteiger partial charge in [0.15, 0.2) is 0 Å². The van der Waals surface area contributed by atoms with Gasteiger partial charge in [0.1, 0.15) is 5.82 Å². The summed E-state index contributed by atoms with van der Waals surface area (Å²) >= 11 is 0. The molecule has 1 aromatic carbocycles. The number of halogens is 1. The van der Waals surface area contributed by atoms with Gasteiger partial charge in [-0.05, 0) is 12.1 Å². The van der Waals surface area contributed by atoms with E-state index in [0.29, 0.717) is 6.67 Å². The van der Waals surface area contributed by atoms with E-state index >= 15 is 0 Å². The lowest BCUT2D eigenvalue weighted by atomic mass is 10.2. The maximum absolute atomic E-state index is 13.3. The maximum atomic E-state index is 13.3. The predicted octanol–water partition coefficient (Wildman–Crippen LogP) is 0.418. The first-order valence-corrected chi connectivity index (χ1v) is 5.73. The Morgan fingerprint density at radius 3 is 2.76 bits per heavy atom. The average Bonchev–Trinajstić information content (AvgIpc) is 2.38. The minimum atomic E-state index is -0.481. The molecule has 1 saturated heterocycles. The van der Waals surface area contributed by atoms with Crippen LogP contribution in [-0.2, 0) is 0 Å². The first-order valence-electron chi connectivity index (χ1n) is 5.73. The number of hydrogen-bond acceptors (Lipinski definition) is 3. The second-order valence-corrected chi connectivity index (χ2v) is 4.01. The molecule has 0 unspecified atom stereocenters. The number of nitrogens with one attached hydrogen (secondary N) is 2. The van der Waals surface area contributed by atoms with Crippen LogP contribution < -0.4 is 10.6 Å². The van der Waals surface area contributed by atoms with Crippen molar-refractivity contribution in [2.24, 2.45) is 0 Å². The summed E-state index contributed by atoms with van der Waals surface area (Å²) < 4.78 is 13.3. The van der Waals surface area contributed by atoms with Crippen LogP contribution in [0.25, 0.3) is 0 Å². The molecule has 2 rings (SSSR count). The molecule has 1 aliphatic heterocycles. The molecule has 1 aromatic rings. The van der Waals surface area contributed by atoms with Crippen molar-refractivity contribution in [2.75, 3.05) is 32.8 Å². The molecule has 0 aliphatic carbocycles. The Hall–Kier alpha value is -1.46. The van der Waals surface area contributed by atoms with E-state index in [1.807, 2.05) is 0 Å². The summed E-state index contributed by atoms with van der Waals surface area (Å²) in [6, 6.07) is 6.01. The number of rotatable bonds is 3. The first-order chi connectivity index (χ1) is 8.27. The van der Waals surface area contributed by atoms with Crippen LogP contribution in [0.2, 0.25) is 0 Å². The van der Waals surface area contributed by atoms with Gasteiger partial charge in [0.25, 0.3) is 5.91 Å². The third-order valence-corrected chi connectivity index (χ3v) is 2.79. The number of carbonyl (C=O) groups excluding carboxylic acids is 1. The van der Waals surface area contributed by atoms with Gasteiger partial charge in [0, 0.05) is 26.2 Å². The second kappa shape index (κ2) is 5.75. The van der Waals surface area contributed by atoms with Crippen molar-refractivity contribution in [2.45, 2.75) is 0 Å². The van der Waals surface area contributed by atoms with E-state index in [-0.39, 0.29) is 11.5 Å². The Kier molecular flexibility index (Phi) is 4.06. The molecule has 0 bridgehead atoms. The largest absolute Gasteiger partial charge is 0.339 e. The van der Waals surface area contributed by atoms with Crippen LogP contribution in [0.5, 0.6) is 0 Å². The van der Waals surface area contributed by atoms with Crippen LogP contribution in [0.3, 0.4) is 0 Å². The van der Waals surface area contributed by atoms with Crippen molar-refractivity contribution in [3.63, 3.8) is 0 Å². The monoisotopic (exact) mass is 237 g/mol. The topological polar surface area (TPSA) is 44.4 Å². The van der Waals surface area contributed by atoms with Gasteiger partial charge >= 0.3 is 0 Å². The summed E-state index contributed by atoms with van der Waals surface area (Å²) in [6.07, 6.45) is 0. The fourth-order valence-corrected chi connectivity index (χ4v) is 1.79. The summed E-state index contributed by atoms with van der Waals surface area (Å²) in [5.74, 6) is -0.841. The molecular formula is C12H16FN3O. The van der Waals surface area contributed by atoms with Crippen LogP contribution in [0, 0.1) is 5.82 Å². The highest BCUT2D eigenvalue weighted by molar-refractivity contribution is 5.94. The molecule has 0 atom stereocenters. The van der Waals surface area contributed by atoms with E-state index in [4.69, 9.17) is 0 Å². The minimum Gasteiger partial charge on any atom is -0.339 e. The van der Waals surface area contributed by atoms with E-state index < -0.39 is 5.82 Å². The van der Waals surface area contributed by atoms with Crippen molar-refractivity contribution in [1.29, 1.82) is 0 Å². The molecule has 2 N–H and O–H groups in total. The minimum absolute atomic E-state index is 0.0997. The predicted molar refractivity (Wildman–Crippen MR) is 63.2 cm³/mol. The van der Waals surface area contributed by atoms with Gasteiger partial charge in [0.05, 0.1) is 12.2 Å². The highest BCUT2D eigenvalue weighted by atomic mass is 19.1. The summed E-state index contributed by atoms with van der Waals surface area (Å²) in [6.45, 7) is 4.12. The van der Waals surface area contributed by atoms with Crippen molar-refractivity contribution in [3.05, 3.63) is 35.6 Å². The van der Waals surface area contributed by atoms with Gasteiger partial charge in [-0.1, -0.05) is 12.1 Å². The molecule has 4 nitrogen and oxygen atoms in total. The highest BCUT2D eigenvalue weighted by Crippen LogP contribution is 2.05. The number of hydrogen-bond donors (Lipinski definition) is 2. The summed E-state index contributed by atoms with van der Waals surface area (Å²) in [7, 11) is 0. The molecule has 92 valence electrons. The fourth-order valence-electron chi connectivity index (χ4n) is 1.79. The third kappa shape index (κ3) is 3.25. The summed E-state index contributed by atoms with van der Waals surface area (Å²) in [4.78, 5) is 13.8. The van der Waals surface area contributed by atoms with E-state index in [1.165, 1.54) is 12.1 Å². The first kappa shape index (κ1) is 12.0. The van der Waals surface area contributed by atoms with Crippen LogP contribution in [-0.4, -0.2) is 43.7 Å². The number of piperazine rings is 1. The third-order valence-electron chi connectivity index (χ3n) is 2.79. The molecule has 1 heterocycles. The van der Waals surface area contributed by atoms with E-state index in [1.54, 1.807) is 12.1 Å². The maximum Gasteiger partial charge on any atom is 0.255 e. The molecule has 5 heteroatoms. The fraction of sp³-hybridized carbons (Fsp3) is 0.417. The molecule has 1 amide bonds. The molecule has 0 spiro atoms. The van der Waals surface area contributed by atoms with Crippen LogP contribution >= 0.6 is 0 Å². The zero-order chi connectivity index (χ0) is 12.1. The lowest BCUT2D eigenvalue weighted by molar-refractivity contribution is 0.0913. The van der Waals surface area contributed by atoms with Crippen molar-refractivity contribution >= 4 is 5.91 Å². The standard InChI is InChI=1S/C12H16FN3O/c13-11-4-2-1-3-10(11)12(17)15-9-16-7-5-14-6-8-16/h1-4,14H,5-9H2,(H,15,17). The average molecular weight is 237 g/mol. The number of benzene rings is 1. The Morgan fingerprint density at radius 2 is 2.06 bits per heavy atom. The van der Waals surface area contributed by atoms with Gasteiger partial charge < -0.3 is 10.6 Å². The number of nitrogens with zero attached hydrogens (tertiary/aromatic N) is 1. The smallest absolute Gasteiger partial charge is 0.255 e. The lowest BCUT2D eigenvalue weighted by Gasteiger charge is -2.27. The zero-order valence-corrected chi connectivity index (χ0v) is 9.58. The summed E-state index contributed by atoms with van der Waals surface area (Å²) in [5.41, 5.74) is 0.0997. The van der Waals surface area contributed by atoms with Crippen molar-refractivity contribution in [3.8, 4) is 0 Å². The molecule has 17 heavy (non-hydrogen) atoms. The van der Waals surface area contributed by atoms with Crippen LogP contribution in [0.15, 0.2) is 24.3 Å². The number of amides is 1. The quantitative estimate of drug-likeness (QED) is 0.800. The molecular weight excluding hydrogens is 221 g/mol. The van der Waals surface area contributed by atoms with E-state index in [0.717, 1.165) is 26.2 Å². The van der Waals surface area contributed by atoms with Crippen molar-refractivity contribution in [1.82, 2.24) is 15.5 Å². The Labute approximate surface area is 99.8 Å². The highest BCUT2D eigenvalue weighted by Gasteiger charge is 2.13. The molecule has 0 saturated carbocycles. The van der Waals surface area contributed by atoms with Crippen LogP contribution in [0.1, 0.15) is 10.4 Å². The van der Waals surface area contributed by atoms with Gasteiger partial charge in [0.2, 0.25) is 0 Å². The lowest BCUT2D eigenvalue weighted by Crippen LogP contribution is -2.48. The van der Waals surface area contributed by atoms with E-state index in [2.05, 4.69) is 15.5 Å². The molecule has 1 aliphatic rings. The Balaban J connectivity index is 1.87. The zero-order valence-electron chi connectivity index (χ0n) is 9.58. The van der Waals surface area contributed by atoms with E-state index in [9.17, 15) is 9.18 Å². The normalized spacial score (nSPS) is 16.8. The SMILES string of the molecule is O=C(NCN1CCNCC1)c1ccccc1F. The van der Waals surface area contributed by atoms with Gasteiger partial charge in [-0.15, -0.1) is 0 Å². The van der Waals surface area contributed by atoms with Gasteiger partial charge in [-0.3, -0.25) is 9.69 Å². The Bertz CT molecular complexity index is 391. The molecule has 1 fully saturated rings. The van der Waals surface area contributed by atoms with Gasteiger partial charge in [-0.2, -0.15) is 0 Å². The van der Waals surface area contributed by atoms with Crippen LogP contribution in [0.4, 0.5) is 4.39 Å². The second-order valence-electron chi connectivity index (χ2n) is 4.01. The van der Waals surface area contributed by atoms with Crippen molar-refractivity contribution < 1.29 is 9.18 Å². The Morgan fingerprint density at radius 1 is 1.35 bits per heavy atom. The summed E-state index contributed by atoms with van der Waals surface area (Å²) in [5, 5.41) is 5.96. The number of carbonyl (C=O) groups is 1. The van der Waals surface area contributed by atoms with Gasteiger partial charge in [-0.25, -0.2) is 4.39 Å². The molecule has 0 radical (unpaired) electrons.